The molecule has 1 heterocycles. The molecule has 1 aliphatic rings. The summed E-state index contributed by atoms with van der Waals surface area (Å²) in [5.74, 6) is 2.16. The molecule has 2 N–H and O–H groups in total. The third kappa shape index (κ3) is 2.53. The van der Waals surface area contributed by atoms with Gasteiger partial charge in [-0.2, -0.15) is 0 Å². The molecule has 0 atom stereocenters. The van der Waals surface area contributed by atoms with Crippen LogP contribution in [0.5, 0.6) is 17.2 Å². The van der Waals surface area contributed by atoms with Crippen LogP contribution in [-0.2, 0) is 6.61 Å². The van der Waals surface area contributed by atoms with Crippen molar-refractivity contribution in [3.63, 3.8) is 0 Å². The van der Waals surface area contributed by atoms with Crippen molar-refractivity contribution in [3.05, 3.63) is 47.0 Å². The zero-order valence-electron chi connectivity index (χ0n) is 10.1. The van der Waals surface area contributed by atoms with E-state index in [4.69, 9.17) is 31.5 Å². The maximum Gasteiger partial charge on any atom is 0.231 e. The molecule has 0 saturated carbocycles. The summed E-state index contributed by atoms with van der Waals surface area (Å²) in [5, 5.41) is 0.548. The lowest BCUT2D eigenvalue weighted by Crippen LogP contribution is -1.97. The lowest BCUT2D eigenvalue weighted by Gasteiger charge is -2.08. The number of ether oxygens (including phenoxy) is 3. The molecule has 0 aliphatic carbocycles. The molecule has 0 bridgehead atoms. The monoisotopic (exact) mass is 277 g/mol. The van der Waals surface area contributed by atoms with Gasteiger partial charge in [0.05, 0.1) is 10.7 Å². The minimum absolute atomic E-state index is 0.256. The number of benzene rings is 2. The fraction of sp³-hybridized carbons (Fsp3) is 0.143. The van der Waals surface area contributed by atoms with E-state index >= 15 is 0 Å². The second-order valence-corrected chi connectivity index (χ2v) is 4.57. The SMILES string of the molecule is Nc1cc(COc2ccc3c(c2)OCO3)ccc1Cl. The first kappa shape index (κ1) is 12.0. The molecule has 0 unspecified atom stereocenters. The fourth-order valence-electron chi connectivity index (χ4n) is 1.82. The van der Waals surface area contributed by atoms with Crippen LogP contribution in [0.25, 0.3) is 0 Å². The van der Waals surface area contributed by atoms with E-state index in [0.717, 1.165) is 17.1 Å². The normalized spacial score (nSPS) is 12.5. The Kier molecular flexibility index (Phi) is 3.09. The van der Waals surface area contributed by atoms with Gasteiger partial charge in [0.25, 0.3) is 0 Å². The first-order valence-corrected chi connectivity index (χ1v) is 6.16. The molecule has 5 heteroatoms. The van der Waals surface area contributed by atoms with E-state index < -0.39 is 0 Å². The van der Waals surface area contributed by atoms with Crippen LogP contribution in [0, 0.1) is 0 Å². The van der Waals surface area contributed by atoms with Crippen molar-refractivity contribution in [2.75, 3.05) is 12.5 Å². The van der Waals surface area contributed by atoms with Gasteiger partial charge in [-0.25, -0.2) is 0 Å². The van der Waals surface area contributed by atoms with Crippen LogP contribution in [0.15, 0.2) is 36.4 Å². The number of rotatable bonds is 3. The Bertz CT molecular complexity index is 616. The van der Waals surface area contributed by atoms with Crippen molar-refractivity contribution in [1.82, 2.24) is 0 Å². The van der Waals surface area contributed by atoms with Gasteiger partial charge in [-0.15, -0.1) is 0 Å². The number of fused-ring (bicyclic) bond motifs is 1. The van der Waals surface area contributed by atoms with E-state index in [9.17, 15) is 0 Å². The van der Waals surface area contributed by atoms with E-state index in [1.807, 2.05) is 24.3 Å². The summed E-state index contributed by atoms with van der Waals surface area (Å²) >= 11 is 5.87. The quantitative estimate of drug-likeness (QED) is 0.875. The molecule has 19 heavy (non-hydrogen) atoms. The van der Waals surface area contributed by atoms with Gasteiger partial charge in [0.15, 0.2) is 11.5 Å². The highest BCUT2D eigenvalue weighted by Gasteiger charge is 2.13. The van der Waals surface area contributed by atoms with Gasteiger partial charge in [0.2, 0.25) is 6.79 Å². The lowest BCUT2D eigenvalue weighted by molar-refractivity contribution is 0.173. The van der Waals surface area contributed by atoms with Gasteiger partial charge < -0.3 is 19.9 Å². The average molecular weight is 278 g/mol. The van der Waals surface area contributed by atoms with E-state index in [2.05, 4.69) is 0 Å². The second kappa shape index (κ2) is 4.90. The Balaban J connectivity index is 1.70. The van der Waals surface area contributed by atoms with Crippen LogP contribution in [0.3, 0.4) is 0 Å². The molecule has 98 valence electrons. The Hall–Kier alpha value is -2.07. The predicted molar refractivity (Wildman–Crippen MR) is 72.8 cm³/mol. The maximum absolute atomic E-state index is 5.87. The molecule has 3 rings (SSSR count). The van der Waals surface area contributed by atoms with Crippen molar-refractivity contribution in [3.8, 4) is 17.2 Å². The highest BCUT2D eigenvalue weighted by molar-refractivity contribution is 6.33. The Morgan fingerprint density at radius 2 is 1.95 bits per heavy atom. The number of hydrogen-bond acceptors (Lipinski definition) is 4. The number of anilines is 1. The zero-order valence-corrected chi connectivity index (χ0v) is 10.8. The van der Waals surface area contributed by atoms with Gasteiger partial charge in [-0.3, -0.25) is 0 Å². The van der Waals surface area contributed by atoms with Crippen molar-refractivity contribution in [1.29, 1.82) is 0 Å². The summed E-state index contributed by atoms with van der Waals surface area (Å²) in [5.41, 5.74) is 7.25. The number of halogens is 1. The Morgan fingerprint density at radius 1 is 1.11 bits per heavy atom. The van der Waals surface area contributed by atoms with Crippen molar-refractivity contribution < 1.29 is 14.2 Å². The molecule has 0 aromatic heterocycles. The van der Waals surface area contributed by atoms with Crippen LogP contribution in [0.1, 0.15) is 5.56 Å². The first-order valence-electron chi connectivity index (χ1n) is 5.79. The molecule has 0 fully saturated rings. The zero-order chi connectivity index (χ0) is 13.2. The minimum Gasteiger partial charge on any atom is -0.489 e. The predicted octanol–water partition coefficient (Wildman–Crippen LogP) is 3.23. The number of nitrogens with two attached hydrogens (primary N) is 1. The van der Waals surface area contributed by atoms with Crippen LogP contribution < -0.4 is 19.9 Å². The highest BCUT2D eigenvalue weighted by atomic mass is 35.5. The molecule has 0 radical (unpaired) electrons. The van der Waals surface area contributed by atoms with E-state index in [1.165, 1.54) is 0 Å². The van der Waals surface area contributed by atoms with Crippen LogP contribution >= 0.6 is 11.6 Å². The summed E-state index contributed by atoms with van der Waals surface area (Å²) in [6.07, 6.45) is 0. The molecule has 4 nitrogen and oxygen atoms in total. The maximum atomic E-state index is 5.87. The summed E-state index contributed by atoms with van der Waals surface area (Å²) in [6.45, 7) is 0.674. The van der Waals surface area contributed by atoms with Gasteiger partial charge in [-0.1, -0.05) is 17.7 Å². The molecular weight excluding hydrogens is 266 g/mol. The molecule has 1 aliphatic heterocycles. The van der Waals surface area contributed by atoms with Gasteiger partial charge >= 0.3 is 0 Å². The van der Waals surface area contributed by atoms with E-state index in [1.54, 1.807) is 12.1 Å². The highest BCUT2D eigenvalue weighted by Crippen LogP contribution is 2.35. The minimum atomic E-state index is 0.256. The summed E-state index contributed by atoms with van der Waals surface area (Å²) < 4.78 is 16.2. The van der Waals surface area contributed by atoms with Gasteiger partial charge in [0, 0.05) is 6.07 Å². The number of hydrogen-bond donors (Lipinski definition) is 1. The Labute approximate surface area is 115 Å². The number of nitrogen functional groups attached to an aromatic ring is 1. The third-order valence-corrected chi connectivity index (χ3v) is 3.15. The molecule has 2 aromatic rings. The van der Waals surface area contributed by atoms with Crippen molar-refractivity contribution in [2.24, 2.45) is 0 Å². The van der Waals surface area contributed by atoms with Crippen molar-refractivity contribution >= 4 is 17.3 Å². The largest absolute Gasteiger partial charge is 0.489 e. The topological polar surface area (TPSA) is 53.7 Å². The Morgan fingerprint density at radius 3 is 2.79 bits per heavy atom. The summed E-state index contributed by atoms with van der Waals surface area (Å²) in [7, 11) is 0. The lowest BCUT2D eigenvalue weighted by atomic mass is 10.2. The third-order valence-electron chi connectivity index (χ3n) is 2.81. The molecule has 0 saturated heterocycles. The van der Waals surface area contributed by atoms with E-state index in [0.29, 0.717) is 23.1 Å². The van der Waals surface area contributed by atoms with Gasteiger partial charge in [-0.05, 0) is 29.8 Å². The van der Waals surface area contributed by atoms with Crippen LogP contribution in [0.2, 0.25) is 5.02 Å². The smallest absolute Gasteiger partial charge is 0.231 e. The summed E-state index contributed by atoms with van der Waals surface area (Å²) in [6, 6.07) is 10.9. The van der Waals surface area contributed by atoms with Crippen molar-refractivity contribution in [2.45, 2.75) is 6.61 Å². The molecule has 2 aromatic carbocycles. The van der Waals surface area contributed by atoms with Gasteiger partial charge in [0.1, 0.15) is 12.4 Å². The summed E-state index contributed by atoms with van der Waals surface area (Å²) in [4.78, 5) is 0. The standard InChI is InChI=1S/C14H12ClNO3/c15-11-3-1-9(5-12(11)16)7-17-10-2-4-13-14(6-10)19-8-18-13/h1-6H,7-8,16H2. The molecular formula is C14H12ClNO3. The molecule has 0 amide bonds. The van der Waals surface area contributed by atoms with E-state index in [-0.39, 0.29) is 6.79 Å². The average Bonchev–Trinajstić information content (AvgIpc) is 2.87. The molecule has 0 spiro atoms. The van der Waals surface area contributed by atoms with Crippen LogP contribution in [0.4, 0.5) is 5.69 Å². The van der Waals surface area contributed by atoms with Crippen LogP contribution in [-0.4, -0.2) is 6.79 Å². The first-order chi connectivity index (χ1) is 9.22. The second-order valence-electron chi connectivity index (χ2n) is 4.16. The fourth-order valence-corrected chi connectivity index (χ4v) is 1.93.